The summed E-state index contributed by atoms with van der Waals surface area (Å²) >= 11 is 12.2. The molecule has 2 amide bonds. The van der Waals surface area contributed by atoms with E-state index in [0.717, 1.165) is 85.0 Å². The van der Waals surface area contributed by atoms with Crippen LogP contribution in [0.3, 0.4) is 0 Å². The van der Waals surface area contributed by atoms with Crippen LogP contribution in [0.2, 0.25) is 10.0 Å². The van der Waals surface area contributed by atoms with Crippen molar-refractivity contribution < 1.29 is 9.59 Å². The van der Waals surface area contributed by atoms with E-state index in [1.807, 2.05) is 58.0 Å². The molecule has 7 rings (SSSR count). The summed E-state index contributed by atoms with van der Waals surface area (Å²) < 4.78 is 4.06. The number of nitrogen functional groups attached to an aromatic ring is 2. The van der Waals surface area contributed by atoms with Gasteiger partial charge in [0.2, 0.25) is 17.8 Å². The fraction of sp³-hybridized carbons (Fsp3) is 0.306. The third kappa shape index (κ3) is 11.1. The Balaban J connectivity index is 1.02. The first kappa shape index (κ1) is 43.3. The van der Waals surface area contributed by atoms with Crippen LogP contribution in [-0.2, 0) is 30.7 Å². The number of halogens is 2. The fourth-order valence-corrected chi connectivity index (χ4v) is 8.51. The second-order valence-corrected chi connectivity index (χ2v) is 16.6. The van der Waals surface area contributed by atoms with Gasteiger partial charge in [0, 0.05) is 46.5 Å². The smallest absolute Gasteiger partial charge is 0.255 e. The van der Waals surface area contributed by atoms with Gasteiger partial charge in [-0.1, -0.05) is 111 Å². The topological polar surface area (TPSA) is 137 Å². The second-order valence-electron chi connectivity index (χ2n) is 15.7. The van der Waals surface area contributed by atoms with Crippen LogP contribution >= 0.6 is 23.2 Å². The number of fused-ring (bicyclic) bond motifs is 2. The van der Waals surface area contributed by atoms with Gasteiger partial charge in [0.05, 0.1) is 27.8 Å². The maximum Gasteiger partial charge on any atom is 0.255 e. The standard InChI is InChI=1S/C49H54Cl2N8O2/c1-2-3-4-5-6-7-11-18-46(60)59(41-24-26-45-43(33-41)56-49(53)58(45)27-12-16-34-14-9-8-10-15-34)40-22-19-35(20-23-40)17-13-28-57-44-25-21-39(32-42(44)55-48(57)52)54-47(61)36-29-37(50)31-38(51)30-36/h8-10,14-15,19-26,29-33H,2-7,11-13,16-18,27-28H2,1H3,(H2,52,55)(H2,53,56)(H,54,61). The lowest BCUT2D eigenvalue weighted by Gasteiger charge is -2.24. The molecule has 61 heavy (non-hydrogen) atoms. The summed E-state index contributed by atoms with van der Waals surface area (Å²) in [5.41, 5.74) is 21.1. The Bertz CT molecular complexity index is 2570. The Labute approximate surface area is 367 Å². The molecule has 0 saturated heterocycles. The van der Waals surface area contributed by atoms with E-state index in [0.29, 0.717) is 51.7 Å². The molecular formula is C49H54Cl2N8O2. The highest BCUT2D eigenvalue weighted by atomic mass is 35.5. The molecule has 0 saturated carbocycles. The second kappa shape index (κ2) is 20.6. The summed E-state index contributed by atoms with van der Waals surface area (Å²) in [5.74, 6) is 0.619. The van der Waals surface area contributed by atoms with Crippen molar-refractivity contribution in [1.29, 1.82) is 0 Å². The van der Waals surface area contributed by atoms with Crippen molar-refractivity contribution in [3.05, 3.63) is 136 Å². The lowest BCUT2D eigenvalue weighted by Crippen LogP contribution is -2.25. The number of anilines is 5. The normalized spacial score (nSPS) is 11.4. The lowest BCUT2D eigenvalue weighted by molar-refractivity contribution is -0.118. The highest BCUT2D eigenvalue weighted by molar-refractivity contribution is 6.35. The van der Waals surface area contributed by atoms with E-state index in [-0.39, 0.29) is 11.8 Å². The number of carbonyl (C=O) groups excluding carboxylic acids is 2. The van der Waals surface area contributed by atoms with E-state index in [9.17, 15) is 9.59 Å². The van der Waals surface area contributed by atoms with Crippen molar-refractivity contribution in [2.24, 2.45) is 0 Å². The minimum absolute atomic E-state index is 0.0648. The Hall–Kier alpha value is -5.84. The number of aryl methyl sites for hydroxylation is 4. The molecule has 0 fully saturated rings. The number of nitrogens with one attached hydrogen (secondary N) is 1. The van der Waals surface area contributed by atoms with Crippen molar-refractivity contribution in [2.45, 2.75) is 97.1 Å². The van der Waals surface area contributed by atoms with Gasteiger partial charge in [-0.2, -0.15) is 0 Å². The first-order chi connectivity index (χ1) is 29.7. The number of unbranched alkanes of at least 4 members (excludes halogenated alkanes) is 6. The van der Waals surface area contributed by atoms with Gasteiger partial charge in [0.25, 0.3) is 5.91 Å². The van der Waals surface area contributed by atoms with Crippen LogP contribution in [0.15, 0.2) is 109 Å². The van der Waals surface area contributed by atoms with Crippen LogP contribution in [0, 0.1) is 0 Å². The predicted octanol–water partition coefficient (Wildman–Crippen LogP) is 12.2. The van der Waals surface area contributed by atoms with Gasteiger partial charge in [0.1, 0.15) is 0 Å². The van der Waals surface area contributed by atoms with Crippen molar-refractivity contribution in [3.8, 4) is 0 Å². The number of aromatic nitrogens is 4. The molecule has 2 aromatic heterocycles. The number of hydrogen-bond acceptors (Lipinski definition) is 6. The lowest BCUT2D eigenvalue weighted by atomic mass is 10.1. The molecule has 316 valence electrons. The molecule has 0 aliphatic rings. The van der Waals surface area contributed by atoms with Crippen molar-refractivity contribution in [3.63, 3.8) is 0 Å². The zero-order valence-corrected chi connectivity index (χ0v) is 36.3. The number of amides is 2. The van der Waals surface area contributed by atoms with Crippen molar-refractivity contribution in [2.75, 3.05) is 21.7 Å². The molecule has 0 aliphatic carbocycles. The molecule has 0 atom stereocenters. The zero-order chi connectivity index (χ0) is 42.7. The van der Waals surface area contributed by atoms with Crippen LogP contribution in [0.25, 0.3) is 22.1 Å². The van der Waals surface area contributed by atoms with Gasteiger partial charge in [-0.15, -0.1) is 0 Å². The molecule has 10 nitrogen and oxygen atoms in total. The average Bonchev–Trinajstić information content (AvgIpc) is 3.74. The summed E-state index contributed by atoms with van der Waals surface area (Å²) in [6.07, 6.45) is 12.0. The van der Waals surface area contributed by atoms with Gasteiger partial charge in [-0.3, -0.25) is 14.5 Å². The quantitative estimate of drug-likeness (QED) is 0.0653. The third-order valence-corrected chi connectivity index (χ3v) is 11.6. The first-order valence-electron chi connectivity index (χ1n) is 21.4. The van der Waals surface area contributed by atoms with Crippen LogP contribution in [0.5, 0.6) is 0 Å². The number of hydrogen-bond donors (Lipinski definition) is 3. The Kier molecular flexibility index (Phi) is 14.6. The van der Waals surface area contributed by atoms with E-state index in [2.05, 4.69) is 58.2 Å². The SMILES string of the molecule is CCCCCCCCCC(=O)N(c1ccc(CCCn2c(N)nc3cc(NC(=O)c4cc(Cl)cc(Cl)c4)ccc32)cc1)c1ccc2c(c1)nc(N)n2CCCc1ccccc1. The number of nitrogens with two attached hydrogens (primary N) is 2. The predicted molar refractivity (Wildman–Crippen MR) is 252 cm³/mol. The number of nitrogens with zero attached hydrogens (tertiary/aromatic N) is 5. The third-order valence-electron chi connectivity index (χ3n) is 11.2. The van der Waals surface area contributed by atoms with Crippen molar-refractivity contribution >= 4 is 86.0 Å². The molecular weight excluding hydrogens is 803 g/mol. The molecule has 2 heterocycles. The van der Waals surface area contributed by atoms with Gasteiger partial charge in [-0.25, -0.2) is 9.97 Å². The first-order valence-corrected chi connectivity index (χ1v) is 22.2. The van der Waals surface area contributed by atoms with E-state index in [1.165, 1.54) is 31.2 Å². The van der Waals surface area contributed by atoms with Gasteiger partial charge in [0.15, 0.2) is 0 Å². The van der Waals surface area contributed by atoms with E-state index >= 15 is 0 Å². The number of carbonyl (C=O) groups is 2. The number of imidazole rings is 2. The number of benzene rings is 5. The van der Waals surface area contributed by atoms with Crippen molar-refractivity contribution in [1.82, 2.24) is 19.1 Å². The zero-order valence-electron chi connectivity index (χ0n) is 34.8. The average molecular weight is 858 g/mol. The molecule has 0 radical (unpaired) electrons. The summed E-state index contributed by atoms with van der Waals surface area (Å²) in [5, 5.41) is 3.66. The summed E-state index contributed by atoms with van der Waals surface area (Å²) in [4.78, 5) is 38.1. The minimum atomic E-state index is -0.327. The summed E-state index contributed by atoms with van der Waals surface area (Å²) in [6, 6.07) is 35.0. The Morgan fingerprint density at radius 2 is 1.18 bits per heavy atom. The molecule has 0 unspecified atom stereocenters. The molecule has 5 N–H and O–H groups in total. The van der Waals surface area contributed by atoms with Crippen LogP contribution < -0.4 is 21.7 Å². The van der Waals surface area contributed by atoms with Crippen LogP contribution in [0.1, 0.15) is 92.6 Å². The maximum atomic E-state index is 14.1. The Morgan fingerprint density at radius 3 is 1.82 bits per heavy atom. The minimum Gasteiger partial charge on any atom is -0.369 e. The summed E-state index contributed by atoms with van der Waals surface area (Å²) in [7, 11) is 0. The highest BCUT2D eigenvalue weighted by Gasteiger charge is 2.20. The maximum absolute atomic E-state index is 14.1. The molecule has 0 spiro atoms. The largest absolute Gasteiger partial charge is 0.369 e. The van der Waals surface area contributed by atoms with E-state index in [4.69, 9.17) is 39.7 Å². The van der Waals surface area contributed by atoms with Gasteiger partial charge < -0.3 is 25.9 Å². The monoisotopic (exact) mass is 856 g/mol. The molecule has 0 bridgehead atoms. The summed E-state index contributed by atoms with van der Waals surface area (Å²) in [6.45, 7) is 3.64. The molecule has 12 heteroatoms. The van der Waals surface area contributed by atoms with Crippen LogP contribution in [-0.4, -0.2) is 30.9 Å². The molecule has 5 aromatic carbocycles. The molecule has 7 aromatic rings. The highest BCUT2D eigenvalue weighted by Crippen LogP contribution is 2.32. The van der Waals surface area contributed by atoms with Gasteiger partial charge in [-0.05, 0) is 110 Å². The number of rotatable bonds is 20. The van der Waals surface area contributed by atoms with E-state index < -0.39 is 0 Å². The fourth-order valence-electron chi connectivity index (χ4n) is 7.98. The Morgan fingerprint density at radius 1 is 0.623 bits per heavy atom. The molecule has 0 aliphatic heterocycles. The van der Waals surface area contributed by atoms with Gasteiger partial charge >= 0.3 is 0 Å². The van der Waals surface area contributed by atoms with Crippen LogP contribution in [0.4, 0.5) is 29.0 Å². The van der Waals surface area contributed by atoms with E-state index in [1.54, 1.807) is 24.3 Å².